The molecule has 148 valence electrons. The maximum Gasteiger partial charge on any atom is 0.186 e. The summed E-state index contributed by atoms with van der Waals surface area (Å²) < 4.78 is 11.2. The number of carbonyl (C=O) groups is 1. The van der Waals surface area contributed by atoms with Crippen molar-refractivity contribution in [2.45, 2.75) is 33.1 Å². The van der Waals surface area contributed by atoms with Crippen LogP contribution in [0.5, 0.6) is 11.5 Å². The summed E-state index contributed by atoms with van der Waals surface area (Å²) in [6.45, 7) is 6.77. The maximum absolute atomic E-state index is 12.9. The van der Waals surface area contributed by atoms with E-state index in [1.54, 1.807) is 13.2 Å². The van der Waals surface area contributed by atoms with Gasteiger partial charge in [0.2, 0.25) is 0 Å². The van der Waals surface area contributed by atoms with E-state index < -0.39 is 5.92 Å². The van der Waals surface area contributed by atoms with Gasteiger partial charge in [0.05, 0.1) is 23.7 Å². The molecule has 1 aromatic carbocycles. The molecule has 1 aromatic heterocycles. The van der Waals surface area contributed by atoms with Crippen molar-refractivity contribution in [3.8, 4) is 11.5 Å². The summed E-state index contributed by atoms with van der Waals surface area (Å²) in [6.07, 6.45) is 2.56. The van der Waals surface area contributed by atoms with E-state index >= 15 is 0 Å². The van der Waals surface area contributed by atoms with Crippen LogP contribution in [-0.2, 0) is 11.2 Å². The minimum atomic E-state index is -0.635. The van der Waals surface area contributed by atoms with Gasteiger partial charge in [0.25, 0.3) is 0 Å². The topological polar surface area (TPSA) is 85.2 Å². The van der Waals surface area contributed by atoms with Crippen LogP contribution >= 0.6 is 23.1 Å². The van der Waals surface area contributed by atoms with Crippen molar-refractivity contribution >= 4 is 40.0 Å². The average molecular weight is 418 g/mol. The minimum Gasteiger partial charge on any atom is -0.493 e. The number of hydrogen-bond donors (Lipinski definition) is 1. The van der Waals surface area contributed by atoms with Gasteiger partial charge in [0, 0.05) is 0 Å². The van der Waals surface area contributed by atoms with Crippen LogP contribution in [0.25, 0.3) is 6.08 Å². The fraction of sp³-hybridized carbons (Fsp3) is 0.400. The Bertz CT molecular complexity index is 921. The lowest BCUT2D eigenvalue weighted by molar-refractivity contribution is -0.114. The fourth-order valence-corrected chi connectivity index (χ4v) is 4.59. The highest BCUT2D eigenvalue weighted by Gasteiger charge is 2.39. The Morgan fingerprint density at radius 3 is 2.71 bits per heavy atom. The highest BCUT2D eigenvalue weighted by atomic mass is 32.2. The van der Waals surface area contributed by atoms with E-state index in [2.05, 4.69) is 24.0 Å². The third-order valence-corrected chi connectivity index (χ3v) is 6.20. The molecular formula is C20H23N3O3S2. The number of ketones is 1. The smallest absolute Gasteiger partial charge is 0.186 e. The largest absolute Gasteiger partial charge is 0.493 e. The molecule has 0 spiro atoms. The van der Waals surface area contributed by atoms with Gasteiger partial charge >= 0.3 is 0 Å². The van der Waals surface area contributed by atoms with E-state index in [1.165, 1.54) is 23.1 Å². The number of Topliss-reactive ketones (excluding diaryl/α,β-unsaturated/α-hetero) is 1. The Balaban J connectivity index is 1.83. The molecule has 2 heterocycles. The molecule has 3 rings (SSSR count). The van der Waals surface area contributed by atoms with Crippen molar-refractivity contribution in [2.75, 3.05) is 13.7 Å². The summed E-state index contributed by atoms with van der Waals surface area (Å²) in [5.74, 6) is 0.970. The molecule has 1 atom stereocenters. The van der Waals surface area contributed by atoms with Crippen molar-refractivity contribution < 1.29 is 14.3 Å². The highest BCUT2D eigenvalue weighted by Crippen LogP contribution is 2.42. The lowest BCUT2D eigenvalue weighted by Crippen LogP contribution is -2.11. The molecule has 6 nitrogen and oxygen atoms in total. The Hall–Kier alpha value is -2.19. The molecule has 0 amide bonds. The van der Waals surface area contributed by atoms with Crippen molar-refractivity contribution in [3.05, 3.63) is 38.7 Å². The van der Waals surface area contributed by atoms with Gasteiger partial charge in [-0.2, -0.15) is 0 Å². The first-order valence-electron chi connectivity index (χ1n) is 9.08. The number of allylic oxidation sites excluding steroid dienone is 1. The van der Waals surface area contributed by atoms with Gasteiger partial charge in [-0.3, -0.25) is 10.2 Å². The molecule has 0 bridgehead atoms. The number of nitrogens with zero attached hydrogens (tertiary/aromatic N) is 2. The first kappa shape index (κ1) is 20.5. The Kier molecular flexibility index (Phi) is 6.51. The van der Waals surface area contributed by atoms with Gasteiger partial charge in [-0.1, -0.05) is 38.6 Å². The number of rotatable bonds is 7. The van der Waals surface area contributed by atoms with Gasteiger partial charge in [-0.25, -0.2) is 0 Å². The number of thioether (sulfide) groups is 1. The summed E-state index contributed by atoms with van der Waals surface area (Å²) in [5.41, 5.74) is 0.824. The molecule has 0 aliphatic carbocycles. The Morgan fingerprint density at radius 1 is 1.29 bits per heavy atom. The zero-order valence-corrected chi connectivity index (χ0v) is 17.9. The Labute approximate surface area is 172 Å². The normalized spacial score (nSPS) is 18.3. The maximum atomic E-state index is 12.9. The molecule has 1 aliphatic heterocycles. The standard InChI is InChI=1S/C20H23N3O3S2/c1-5-16-22-23-20(28-16)17-18(24)15(27-19(17)21)9-12-6-7-13(14(8-12)25-4)26-10-11(2)3/h6-9,11,17,21H,5,10H2,1-4H3/b15-9-,21-19?/t17-/m1/s1. The lowest BCUT2D eigenvalue weighted by atomic mass is 10.1. The number of nitrogens with one attached hydrogen (secondary N) is 1. The summed E-state index contributed by atoms with van der Waals surface area (Å²) in [4.78, 5) is 13.4. The van der Waals surface area contributed by atoms with Crippen LogP contribution in [0, 0.1) is 11.3 Å². The molecule has 0 unspecified atom stereocenters. The van der Waals surface area contributed by atoms with Crippen molar-refractivity contribution in [1.82, 2.24) is 10.2 Å². The van der Waals surface area contributed by atoms with E-state index in [4.69, 9.17) is 14.9 Å². The fourth-order valence-electron chi connectivity index (χ4n) is 2.64. The summed E-state index contributed by atoms with van der Waals surface area (Å²) in [7, 11) is 1.59. The number of carbonyl (C=O) groups excluding carboxylic acids is 1. The number of methoxy groups -OCH3 is 1. The number of ether oxygens (including phenoxy) is 2. The molecule has 1 aliphatic rings. The van der Waals surface area contributed by atoms with Crippen LogP contribution in [0.3, 0.4) is 0 Å². The first-order valence-corrected chi connectivity index (χ1v) is 10.7. The minimum absolute atomic E-state index is 0.104. The summed E-state index contributed by atoms with van der Waals surface area (Å²) in [5, 5.41) is 18.2. The van der Waals surface area contributed by atoms with Crippen LogP contribution < -0.4 is 9.47 Å². The molecule has 0 radical (unpaired) electrons. The number of aryl methyl sites for hydroxylation is 1. The predicted octanol–water partition coefficient (Wildman–Crippen LogP) is 4.56. The first-order chi connectivity index (χ1) is 13.4. The molecule has 28 heavy (non-hydrogen) atoms. The second kappa shape index (κ2) is 8.87. The third-order valence-electron chi connectivity index (χ3n) is 4.08. The van der Waals surface area contributed by atoms with Crippen LogP contribution in [0.15, 0.2) is 23.1 Å². The summed E-state index contributed by atoms with van der Waals surface area (Å²) in [6, 6.07) is 5.57. The molecule has 2 aromatic rings. The van der Waals surface area contributed by atoms with E-state index in [0.29, 0.717) is 39.0 Å². The molecular weight excluding hydrogens is 394 g/mol. The van der Waals surface area contributed by atoms with Gasteiger partial charge in [0.1, 0.15) is 15.9 Å². The van der Waals surface area contributed by atoms with Gasteiger partial charge < -0.3 is 9.47 Å². The van der Waals surface area contributed by atoms with Crippen molar-refractivity contribution in [2.24, 2.45) is 5.92 Å². The second-order valence-electron chi connectivity index (χ2n) is 6.77. The Morgan fingerprint density at radius 2 is 2.07 bits per heavy atom. The zero-order chi connectivity index (χ0) is 20.3. The molecule has 1 N–H and O–H groups in total. The van der Waals surface area contributed by atoms with E-state index in [-0.39, 0.29) is 5.78 Å². The van der Waals surface area contributed by atoms with E-state index in [9.17, 15) is 4.79 Å². The summed E-state index contributed by atoms with van der Waals surface area (Å²) >= 11 is 2.58. The highest BCUT2D eigenvalue weighted by molar-refractivity contribution is 8.19. The monoisotopic (exact) mass is 417 g/mol. The SMILES string of the molecule is CCc1nnc([C@H]2C(=N)S/C(=C\c3ccc(OCC(C)C)c(OC)c3)C2=O)s1. The van der Waals surface area contributed by atoms with Crippen molar-refractivity contribution in [1.29, 1.82) is 5.41 Å². The van der Waals surface area contributed by atoms with Gasteiger partial charge in [-0.05, 0) is 36.1 Å². The van der Waals surface area contributed by atoms with E-state index in [1.807, 2.05) is 25.1 Å². The van der Waals surface area contributed by atoms with Crippen LogP contribution in [0.4, 0.5) is 0 Å². The zero-order valence-electron chi connectivity index (χ0n) is 16.3. The predicted molar refractivity (Wildman–Crippen MR) is 114 cm³/mol. The van der Waals surface area contributed by atoms with Crippen LogP contribution in [0.1, 0.15) is 42.3 Å². The van der Waals surface area contributed by atoms with Crippen LogP contribution in [-0.4, -0.2) is 34.7 Å². The van der Waals surface area contributed by atoms with Crippen molar-refractivity contribution in [3.63, 3.8) is 0 Å². The second-order valence-corrected chi connectivity index (χ2v) is 8.95. The molecule has 1 saturated heterocycles. The quantitative estimate of drug-likeness (QED) is 0.665. The molecule has 1 fully saturated rings. The number of benzene rings is 1. The van der Waals surface area contributed by atoms with E-state index in [0.717, 1.165) is 17.0 Å². The lowest BCUT2D eigenvalue weighted by Gasteiger charge is -2.13. The average Bonchev–Trinajstić information content (AvgIpc) is 3.24. The van der Waals surface area contributed by atoms with Gasteiger partial charge in [0.15, 0.2) is 17.3 Å². The van der Waals surface area contributed by atoms with Gasteiger partial charge in [-0.15, -0.1) is 21.5 Å². The number of aromatic nitrogens is 2. The third kappa shape index (κ3) is 4.44. The molecule has 0 saturated carbocycles. The molecule has 8 heteroatoms. The number of hydrogen-bond acceptors (Lipinski definition) is 8. The van der Waals surface area contributed by atoms with Crippen LogP contribution in [0.2, 0.25) is 0 Å².